The molecule has 4 rings (SSSR count). The molecule has 0 aromatic rings. The van der Waals surface area contributed by atoms with Gasteiger partial charge in [0.2, 0.25) is 0 Å². The molecule has 2 saturated heterocycles. The number of piperidine rings is 1. The predicted octanol–water partition coefficient (Wildman–Crippen LogP) is 3.50. The zero-order valence-corrected chi connectivity index (χ0v) is 17.4. The highest BCUT2D eigenvalue weighted by atomic mass is 16.6. The van der Waals surface area contributed by atoms with Gasteiger partial charge in [-0.1, -0.05) is 24.6 Å². The molecule has 154 valence electrons. The third-order valence-corrected chi connectivity index (χ3v) is 7.28. The molecule has 0 aromatic carbocycles. The third-order valence-electron chi connectivity index (χ3n) is 7.28. The van der Waals surface area contributed by atoms with Crippen LogP contribution in [0, 0.1) is 23.2 Å². The molecule has 5 heteroatoms. The Hall–Kier alpha value is -1.62. The molecule has 28 heavy (non-hydrogen) atoms. The van der Waals surface area contributed by atoms with Crippen molar-refractivity contribution in [1.82, 2.24) is 4.90 Å². The number of rotatable bonds is 4. The first-order chi connectivity index (χ1) is 13.4. The summed E-state index contributed by atoms with van der Waals surface area (Å²) in [6.45, 7) is 9.09. The highest BCUT2D eigenvalue weighted by molar-refractivity contribution is 5.76. The van der Waals surface area contributed by atoms with Gasteiger partial charge in [-0.05, 0) is 63.5 Å². The molecular weight excluding hydrogens is 354 g/mol. The highest BCUT2D eigenvalue weighted by Crippen LogP contribution is 2.52. The molecule has 0 spiro atoms. The summed E-state index contributed by atoms with van der Waals surface area (Å²) in [6, 6.07) is 0. The normalized spacial score (nSPS) is 38.0. The van der Waals surface area contributed by atoms with Gasteiger partial charge in [0.15, 0.2) is 0 Å². The third kappa shape index (κ3) is 3.54. The maximum atomic E-state index is 12.7. The van der Waals surface area contributed by atoms with Crippen LogP contribution in [0.1, 0.15) is 52.9 Å². The van der Waals surface area contributed by atoms with Crippen LogP contribution >= 0.6 is 0 Å². The Bertz CT molecular complexity index is 711. The van der Waals surface area contributed by atoms with Crippen LogP contribution in [0.15, 0.2) is 23.3 Å². The van der Waals surface area contributed by atoms with Crippen molar-refractivity contribution in [3.63, 3.8) is 0 Å². The van der Waals surface area contributed by atoms with E-state index in [0.717, 1.165) is 38.6 Å². The van der Waals surface area contributed by atoms with E-state index in [9.17, 15) is 9.59 Å². The van der Waals surface area contributed by atoms with Gasteiger partial charge in [0.1, 0.15) is 6.10 Å². The molecule has 5 atom stereocenters. The first kappa shape index (κ1) is 19.7. The Morgan fingerprint density at radius 3 is 3.04 bits per heavy atom. The van der Waals surface area contributed by atoms with Crippen molar-refractivity contribution in [3.8, 4) is 0 Å². The van der Waals surface area contributed by atoms with Crippen molar-refractivity contribution < 1.29 is 19.1 Å². The molecule has 5 nitrogen and oxygen atoms in total. The Balaban J connectivity index is 1.49. The smallest absolute Gasteiger partial charge is 0.311 e. The van der Waals surface area contributed by atoms with E-state index in [1.54, 1.807) is 0 Å². The number of ether oxygens (including phenoxy) is 2. The zero-order chi connectivity index (χ0) is 19.9. The second kappa shape index (κ2) is 7.66. The van der Waals surface area contributed by atoms with Crippen LogP contribution in [0.25, 0.3) is 0 Å². The second-order valence-electron chi connectivity index (χ2n) is 9.28. The minimum absolute atomic E-state index is 0.00259. The summed E-state index contributed by atoms with van der Waals surface area (Å²) >= 11 is 0. The molecular formula is C23H33NO4. The highest BCUT2D eigenvalue weighted by Gasteiger charge is 2.51. The van der Waals surface area contributed by atoms with Crippen LogP contribution in [0.3, 0.4) is 0 Å². The van der Waals surface area contributed by atoms with E-state index < -0.39 is 0 Å². The number of allylic oxidation sites excluding steroid dienone is 3. The molecule has 2 aliphatic heterocycles. The number of carbonyl (C=O) groups excluding carboxylic acids is 2. The molecule has 2 fully saturated rings. The van der Waals surface area contributed by atoms with Gasteiger partial charge in [0.25, 0.3) is 0 Å². The summed E-state index contributed by atoms with van der Waals surface area (Å²) < 4.78 is 11.1. The second-order valence-corrected chi connectivity index (χ2v) is 9.28. The van der Waals surface area contributed by atoms with E-state index in [2.05, 4.69) is 30.9 Å². The van der Waals surface area contributed by atoms with Crippen molar-refractivity contribution in [2.75, 3.05) is 26.2 Å². The van der Waals surface area contributed by atoms with Crippen molar-refractivity contribution in [2.24, 2.45) is 23.2 Å². The number of esters is 2. The molecule has 2 aliphatic carbocycles. The number of hydrogen-bond acceptors (Lipinski definition) is 5. The molecule has 0 bridgehead atoms. The summed E-state index contributed by atoms with van der Waals surface area (Å²) in [7, 11) is 0. The minimum Gasteiger partial charge on any atom is -0.466 e. The standard InChI is InChI=1S/C23H33NO4/c1-4-27-21(25)16-8-6-10-24(13-16)14-18-17-11-19-15(2)7-5-9-23(19,3)12-20(17)28-22(18)26/h7,11,16-18,20H,4-6,8-10,12-14H2,1-3H3/t16-,17-,18+,20+,23+/m1/s1. The summed E-state index contributed by atoms with van der Waals surface area (Å²) in [4.78, 5) is 27.2. The lowest BCUT2D eigenvalue weighted by atomic mass is 9.62. The van der Waals surface area contributed by atoms with Gasteiger partial charge in [-0.25, -0.2) is 0 Å². The maximum absolute atomic E-state index is 12.7. The summed E-state index contributed by atoms with van der Waals surface area (Å²) in [6.07, 6.45) is 9.71. The number of hydrogen-bond donors (Lipinski definition) is 0. The van der Waals surface area contributed by atoms with Crippen molar-refractivity contribution >= 4 is 11.9 Å². The number of carbonyl (C=O) groups is 2. The van der Waals surface area contributed by atoms with Crippen molar-refractivity contribution in [1.29, 1.82) is 0 Å². The SMILES string of the molecule is CCOC(=O)[C@@H]1CCCN(C[C@@H]2C(=O)O[C@H]3C[C@]4(C)CCC=C(C)C4=C[C@@H]32)C1. The van der Waals surface area contributed by atoms with Crippen LogP contribution in [0.2, 0.25) is 0 Å². The fraction of sp³-hybridized carbons (Fsp3) is 0.739. The van der Waals surface area contributed by atoms with Crippen LogP contribution in [0.4, 0.5) is 0 Å². The quantitative estimate of drug-likeness (QED) is 0.691. The fourth-order valence-electron chi connectivity index (χ4n) is 5.79. The first-order valence-corrected chi connectivity index (χ1v) is 10.9. The molecule has 2 heterocycles. The number of likely N-dealkylation sites (tertiary alicyclic amines) is 1. The summed E-state index contributed by atoms with van der Waals surface area (Å²) in [5, 5.41) is 0. The van der Waals surface area contributed by atoms with Crippen LogP contribution in [0.5, 0.6) is 0 Å². The van der Waals surface area contributed by atoms with Gasteiger partial charge >= 0.3 is 11.9 Å². The minimum atomic E-state index is -0.127. The van der Waals surface area contributed by atoms with Gasteiger partial charge in [0, 0.05) is 19.0 Å². The van der Waals surface area contributed by atoms with E-state index in [1.165, 1.54) is 11.1 Å². The van der Waals surface area contributed by atoms with E-state index in [4.69, 9.17) is 9.47 Å². The van der Waals surface area contributed by atoms with Crippen LogP contribution in [-0.2, 0) is 19.1 Å². The lowest BCUT2D eigenvalue weighted by Gasteiger charge is -2.43. The lowest BCUT2D eigenvalue weighted by molar-refractivity contribution is -0.150. The van der Waals surface area contributed by atoms with Crippen molar-refractivity contribution in [2.45, 2.75) is 59.0 Å². The van der Waals surface area contributed by atoms with Gasteiger partial charge in [-0.3, -0.25) is 9.59 Å². The van der Waals surface area contributed by atoms with E-state index in [1.807, 2.05) is 6.92 Å². The first-order valence-electron chi connectivity index (χ1n) is 10.9. The molecule has 0 radical (unpaired) electrons. The van der Waals surface area contributed by atoms with Crippen LogP contribution in [-0.4, -0.2) is 49.2 Å². The Morgan fingerprint density at radius 1 is 1.43 bits per heavy atom. The Labute approximate surface area is 168 Å². The van der Waals surface area contributed by atoms with E-state index in [-0.39, 0.29) is 41.2 Å². The van der Waals surface area contributed by atoms with E-state index in [0.29, 0.717) is 19.7 Å². The number of nitrogens with zero attached hydrogens (tertiary/aromatic N) is 1. The molecule has 0 amide bonds. The Morgan fingerprint density at radius 2 is 2.25 bits per heavy atom. The van der Waals surface area contributed by atoms with Crippen LogP contribution < -0.4 is 0 Å². The molecule has 4 aliphatic rings. The predicted molar refractivity (Wildman–Crippen MR) is 106 cm³/mol. The zero-order valence-electron chi connectivity index (χ0n) is 17.4. The number of fused-ring (bicyclic) bond motifs is 2. The lowest BCUT2D eigenvalue weighted by Crippen LogP contribution is -2.44. The van der Waals surface area contributed by atoms with Crippen molar-refractivity contribution in [3.05, 3.63) is 23.3 Å². The molecule has 0 saturated carbocycles. The maximum Gasteiger partial charge on any atom is 0.311 e. The largest absolute Gasteiger partial charge is 0.466 e. The fourth-order valence-corrected chi connectivity index (χ4v) is 5.79. The monoisotopic (exact) mass is 387 g/mol. The van der Waals surface area contributed by atoms with Gasteiger partial charge in [-0.2, -0.15) is 0 Å². The van der Waals surface area contributed by atoms with Gasteiger partial charge in [0.05, 0.1) is 18.4 Å². The van der Waals surface area contributed by atoms with Gasteiger partial charge < -0.3 is 14.4 Å². The van der Waals surface area contributed by atoms with E-state index >= 15 is 0 Å². The van der Waals surface area contributed by atoms with Gasteiger partial charge in [-0.15, -0.1) is 0 Å². The summed E-state index contributed by atoms with van der Waals surface area (Å²) in [5.41, 5.74) is 2.92. The molecule has 0 unspecified atom stereocenters. The topological polar surface area (TPSA) is 55.8 Å². The molecule has 0 aromatic heterocycles. The average molecular weight is 388 g/mol. The Kier molecular flexibility index (Phi) is 5.38. The average Bonchev–Trinajstić information content (AvgIpc) is 2.94. The molecule has 0 N–H and O–H groups in total. The summed E-state index contributed by atoms with van der Waals surface area (Å²) in [5.74, 6) is -0.206.